The zero-order valence-electron chi connectivity index (χ0n) is 12.4. The molecule has 0 saturated heterocycles. The van der Waals surface area contributed by atoms with Gasteiger partial charge in [0.1, 0.15) is 5.82 Å². The predicted octanol–water partition coefficient (Wildman–Crippen LogP) is 3.85. The lowest BCUT2D eigenvalue weighted by molar-refractivity contribution is 0.687. The highest BCUT2D eigenvalue weighted by atomic mass is 15.1. The third kappa shape index (κ3) is 4.23. The molecular formula is C16H22N4. The summed E-state index contributed by atoms with van der Waals surface area (Å²) in [7, 11) is 0. The quantitative estimate of drug-likeness (QED) is 0.837. The first-order valence-electron chi connectivity index (χ1n) is 7.10. The Morgan fingerprint density at radius 1 is 1.10 bits per heavy atom. The number of nitrogens with zero attached hydrogens (tertiary/aromatic N) is 2. The van der Waals surface area contributed by atoms with Crippen LogP contribution < -0.4 is 10.6 Å². The SMILES string of the molecule is CCc1ccc(Nc2nccc(NCC(C)C)n2)cc1. The lowest BCUT2D eigenvalue weighted by Crippen LogP contribution is -2.10. The molecule has 4 heteroatoms. The Labute approximate surface area is 120 Å². The van der Waals surface area contributed by atoms with E-state index in [9.17, 15) is 0 Å². The number of rotatable bonds is 6. The Kier molecular flexibility index (Phi) is 4.93. The van der Waals surface area contributed by atoms with Crippen molar-refractivity contribution in [2.75, 3.05) is 17.2 Å². The lowest BCUT2D eigenvalue weighted by Gasteiger charge is -2.10. The molecule has 0 aliphatic rings. The van der Waals surface area contributed by atoms with Gasteiger partial charge in [0.2, 0.25) is 5.95 Å². The van der Waals surface area contributed by atoms with Crippen LogP contribution >= 0.6 is 0 Å². The molecule has 0 atom stereocenters. The van der Waals surface area contributed by atoms with Crippen molar-refractivity contribution in [2.24, 2.45) is 5.92 Å². The monoisotopic (exact) mass is 270 g/mol. The van der Waals surface area contributed by atoms with Gasteiger partial charge in [0, 0.05) is 18.4 Å². The Hall–Kier alpha value is -2.10. The summed E-state index contributed by atoms with van der Waals surface area (Å²) >= 11 is 0. The molecule has 106 valence electrons. The summed E-state index contributed by atoms with van der Waals surface area (Å²) < 4.78 is 0. The molecule has 4 nitrogen and oxygen atoms in total. The Bertz CT molecular complexity index is 534. The van der Waals surface area contributed by atoms with Gasteiger partial charge in [-0.25, -0.2) is 4.98 Å². The van der Waals surface area contributed by atoms with Gasteiger partial charge in [-0.2, -0.15) is 4.98 Å². The van der Waals surface area contributed by atoms with Gasteiger partial charge in [0.25, 0.3) is 0 Å². The fraction of sp³-hybridized carbons (Fsp3) is 0.375. The summed E-state index contributed by atoms with van der Waals surface area (Å²) in [4.78, 5) is 8.69. The summed E-state index contributed by atoms with van der Waals surface area (Å²) in [6, 6.07) is 10.2. The van der Waals surface area contributed by atoms with Gasteiger partial charge in [-0.1, -0.05) is 32.9 Å². The Morgan fingerprint density at radius 3 is 2.50 bits per heavy atom. The van der Waals surface area contributed by atoms with Crippen molar-refractivity contribution in [1.29, 1.82) is 0 Å². The first-order valence-corrected chi connectivity index (χ1v) is 7.10. The number of hydrogen-bond donors (Lipinski definition) is 2. The number of anilines is 3. The Balaban J connectivity index is 2.02. The van der Waals surface area contributed by atoms with Crippen molar-refractivity contribution in [3.8, 4) is 0 Å². The molecule has 0 amide bonds. The summed E-state index contributed by atoms with van der Waals surface area (Å²) in [5, 5.41) is 6.52. The van der Waals surface area contributed by atoms with Crippen LogP contribution in [0.5, 0.6) is 0 Å². The average Bonchev–Trinajstić information content (AvgIpc) is 2.46. The highest BCUT2D eigenvalue weighted by Crippen LogP contribution is 2.15. The van der Waals surface area contributed by atoms with Gasteiger partial charge >= 0.3 is 0 Å². The predicted molar refractivity (Wildman–Crippen MR) is 84.5 cm³/mol. The highest BCUT2D eigenvalue weighted by molar-refractivity contribution is 5.55. The van der Waals surface area contributed by atoms with Crippen LogP contribution in [-0.4, -0.2) is 16.5 Å². The number of aryl methyl sites for hydroxylation is 1. The van der Waals surface area contributed by atoms with E-state index in [0.29, 0.717) is 11.9 Å². The van der Waals surface area contributed by atoms with Crippen molar-refractivity contribution >= 4 is 17.5 Å². The molecule has 0 fully saturated rings. The Morgan fingerprint density at radius 2 is 1.85 bits per heavy atom. The zero-order valence-corrected chi connectivity index (χ0v) is 12.4. The van der Waals surface area contributed by atoms with Crippen molar-refractivity contribution in [3.63, 3.8) is 0 Å². The lowest BCUT2D eigenvalue weighted by atomic mass is 10.1. The van der Waals surface area contributed by atoms with Crippen molar-refractivity contribution < 1.29 is 0 Å². The number of benzene rings is 1. The van der Waals surface area contributed by atoms with E-state index in [4.69, 9.17) is 0 Å². The van der Waals surface area contributed by atoms with Crippen LogP contribution in [0.3, 0.4) is 0 Å². The molecule has 0 aliphatic carbocycles. The fourth-order valence-electron chi connectivity index (χ4n) is 1.78. The molecule has 1 heterocycles. The maximum Gasteiger partial charge on any atom is 0.229 e. The van der Waals surface area contributed by atoms with Gasteiger partial charge in [0.15, 0.2) is 0 Å². The summed E-state index contributed by atoms with van der Waals surface area (Å²) in [6.07, 6.45) is 2.81. The maximum atomic E-state index is 4.45. The van der Waals surface area contributed by atoms with Crippen LogP contribution in [0.2, 0.25) is 0 Å². The van der Waals surface area contributed by atoms with E-state index in [1.807, 2.05) is 6.07 Å². The largest absolute Gasteiger partial charge is 0.370 e. The van der Waals surface area contributed by atoms with E-state index in [1.54, 1.807) is 6.20 Å². The van der Waals surface area contributed by atoms with Crippen LogP contribution in [-0.2, 0) is 6.42 Å². The minimum atomic E-state index is 0.586. The molecule has 0 radical (unpaired) electrons. The second kappa shape index (κ2) is 6.89. The van der Waals surface area contributed by atoms with E-state index in [-0.39, 0.29) is 0 Å². The van der Waals surface area contributed by atoms with Gasteiger partial charge in [-0.05, 0) is 36.1 Å². The van der Waals surface area contributed by atoms with E-state index < -0.39 is 0 Å². The number of nitrogens with one attached hydrogen (secondary N) is 2. The van der Waals surface area contributed by atoms with Crippen LogP contribution in [0.25, 0.3) is 0 Å². The minimum absolute atomic E-state index is 0.586. The standard InChI is InChI=1S/C16H22N4/c1-4-13-5-7-14(8-6-13)19-16-17-10-9-15(20-16)18-11-12(2)3/h5-10,12H,4,11H2,1-3H3,(H2,17,18,19,20). The normalized spacial score (nSPS) is 10.6. The number of aromatic nitrogens is 2. The zero-order chi connectivity index (χ0) is 14.4. The van der Waals surface area contributed by atoms with Gasteiger partial charge in [0.05, 0.1) is 0 Å². The molecule has 0 spiro atoms. The third-order valence-electron chi connectivity index (χ3n) is 2.97. The van der Waals surface area contributed by atoms with Crippen LogP contribution in [0.4, 0.5) is 17.5 Å². The highest BCUT2D eigenvalue weighted by Gasteiger charge is 2.01. The molecule has 0 bridgehead atoms. The molecule has 0 unspecified atom stereocenters. The van der Waals surface area contributed by atoms with Gasteiger partial charge in [-0.15, -0.1) is 0 Å². The third-order valence-corrected chi connectivity index (χ3v) is 2.97. The molecule has 2 N–H and O–H groups in total. The van der Waals surface area contributed by atoms with E-state index >= 15 is 0 Å². The topological polar surface area (TPSA) is 49.8 Å². The van der Waals surface area contributed by atoms with E-state index in [1.165, 1.54) is 5.56 Å². The van der Waals surface area contributed by atoms with E-state index in [2.05, 4.69) is 65.6 Å². The second-order valence-corrected chi connectivity index (χ2v) is 5.22. The molecule has 1 aromatic heterocycles. The van der Waals surface area contributed by atoms with Crippen LogP contribution in [0, 0.1) is 5.92 Å². The molecule has 1 aromatic carbocycles. The van der Waals surface area contributed by atoms with Crippen molar-refractivity contribution in [1.82, 2.24) is 9.97 Å². The number of hydrogen-bond acceptors (Lipinski definition) is 4. The molecular weight excluding hydrogens is 248 g/mol. The molecule has 0 aliphatic heterocycles. The molecule has 0 saturated carbocycles. The van der Waals surface area contributed by atoms with Crippen molar-refractivity contribution in [3.05, 3.63) is 42.1 Å². The smallest absolute Gasteiger partial charge is 0.229 e. The summed E-state index contributed by atoms with van der Waals surface area (Å²) in [5.74, 6) is 2.05. The van der Waals surface area contributed by atoms with Gasteiger partial charge in [-0.3, -0.25) is 0 Å². The van der Waals surface area contributed by atoms with Gasteiger partial charge < -0.3 is 10.6 Å². The van der Waals surface area contributed by atoms with Crippen molar-refractivity contribution in [2.45, 2.75) is 27.2 Å². The first kappa shape index (κ1) is 14.3. The van der Waals surface area contributed by atoms with Crippen LogP contribution in [0.1, 0.15) is 26.3 Å². The van der Waals surface area contributed by atoms with E-state index in [0.717, 1.165) is 24.5 Å². The van der Waals surface area contributed by atoms with Crippen LogP contribution in [0.15, 0.2) is 36.5 Å². The maximum absolute atomic E-state index is 4.45. The average molecular weight is 270 g/mol. The molecule has 20 heavy (non-hydrogen) atoms. The minimum Gasteiger partial charge on any atom is -0.370 e. The first-order chi connectivity index (χ1) is 9.67. The summed E-state index contributed by atoms with van der Waals surface area (Å²) in [5.41, 5.74) is 2.33. The molecule has 2 rings (SSSR count). The second-order valence-electron chi connectivity index (χ2n) is 5.22. The summed E-state index contributed by atoms with van der Waals surface area (Å²) in [6.45, 7) is 7.39. The fourth-order valence-corrected chi connectivity index (χ4v) is 1.78. The molecule has 2 aromatic rings.